The first kappa shape index (κ1) is 22.2. The van der Waals surface area contributed by atoms with Crippen molar-refractivity contribution >= 4 is 5.91 Å². The van der Waals surface area contributed by atoms with Crippen LogP contribution in [0, 0.1) is 0 Å². The van der Waals surface area contributed by atoms with Gasteiger partial charge in [-0.25, -0.2) is 0 Å². The van der Waals surface area contributed by atoms with E-state index in [0.29, 0.717) is 5.82 Å². The van der Waals surface area contributed by atoms with E-state index in [9.17, 15) is 4.79 Å². The molecule has 2 N–H and O–H groups in total. The summed E-state index contributed by atoms with van der Waals surface area (Å²) in [6.45, 7) is 0. The average molecular weight is 460 g/mol. The first-order chi connectivity index (χ1) is 17.3. The van der Waals surface area contributed by atoms with Crippen LogP contribution >= 0.6 is 0 Å². The molecule has 0 fully saturated rings. The van der Waals surface area contributed by atoms with Crippen LogP contribution in [0.25, 0.3) is 0 Å². The van der Waals surface area contributed by atoms with Gasteiger partial charge in [0.1, 0.15) is 5.92 Å². The zero-order valence-electron chi connectivity index (χ0n) is 19.0. The molecule has 0 radical (unpaired) electrons. The molecule has 5 rings (SSSR count). The molecule has 0 saturated heterocycles. The number of tetrazole rings is 1. The summed E-state index contributed by atoms with van der Waals surface area (Å²) in [7, 11) is 0. The Morgan fingerprint density at radius 2 is 1.06 bits per heavy atom. The lowest BCUT2D eigenvalue weighted by atomic mass is 9.79. The van der Waals surface area contributed by atoms with Gasteiger partial charge in [-0.3, -0.25) is 4.79 Å². The molecule has 1 atom stereocenters. The van der Waals surface area contributed by atoms with Gasteiger partial charge < -0.3 is 5.32 Å². The highest BCUT2D eigenvalue weighted by molar-refractivity contribution is 5.85. The third-order valence-corrected chi connectivity index (χ3v) is 6.13. The molecule has 0 aliphatic heterocycles. The van der Waals surface area contributed by atoms with E-state index in [4.69, 9.17) is 0 Å². The van der Waals surface area contributed by atoms with Crippen LogP contribution in [0.1, 0.15) is 46.0 Å². The number of aromatic nitrogens is 4. The van der Waals surface area contributed by atoms with Crippen LogP contribution in [0.4, 0.5) is 0 Å². The van der Waals surface area contributed by atoms with E-state index in [1.807, 2.05) is 121 Å². The second kappa shape index (κ2) is 10.6. The van der Waals surface area contributed by atoms with Gasteiger partial charge in [-0.15, -0.1) is 10.2 Å². The van der Waals surface area contributed by atoms with E-state index in [1.54, 1.807) is 0 Å². The number of carbonyl (C=O) groups is 1. The third kappa shape index (κ3) is 5.01. The standard InChI is InChI=1S/C29H25N5O/c35-29(30-27(23-17-9-3-10-18-23)24-19-11-4-12-20-24)26(28-31-33-34-32-28)25(21-13-5-1-6-14-21)22-15-7-2-8-16-22/h1-20,25-27H,(H,30,35)(H,31,32,33,34). The minimum absolute atomic E-state index is 0.179. The van der Waals surface area contributed by atoms with E-state index in [-0.39, 0.29) is 17.9 Å². The number of hydrogen-bond acceptors (Lipinski definition) is 4. The average Bonchev–Trinajstić information content (AvgIpc) is 3.46. The van der Waals surface area contributed by atoms with Gasteiger partial charge in [-0.05, 0) is 22.3 Å². The fourth-order valence-electron chi connectivity index (χ4n) is 4.50. The second-order valence-electron chi connectivity index (χ2n) is 8.31. The summed E-state index contributed by atoms with van der Waals surface area (Å²) in [5.41, 5.74) is 3.99. The summed E-state index contributed by atoms with van der Waals surface area (Å²) in [6, 6.07) is 39.6. The molecule has 6 nitrogen and oxygen atoms in total. The summed E-state index contributed by atoms with van der Waals surface area (Å²) in [5.74, 6) is -0.836. The van der Waals surface area contributed by atoms with Gasteiger partial charge in [0.05, 0.1) is 6.04 Å². The summed E-state index contributed by atoms with van der Waals surface area (Å²) in [5, 5.41) is 18.1. The predicted molar refractivity (Wildman–Crippen MR) is 135 cm³/mol. The van der Waals surface area contributed by atoms with Gasteiger partial charge in [-0.2, -0.15) is 5.21 Å². The largest absolute Gasteiger partial charge is 0.345 e. The molecule has 1 heterocycles. The number of aromatic amines is 1. The topological polar surface area (TPSA) is 83.6 Å². The molecule has 0 bridgehead atoms. The zero-order valence-corrected chi connectivity index (χ0v) is 19.0. The number of rotatable bonds is 8. The molecule has 1 amide bonds. The van der Waals surface area contributed by atoms with Gasteiger partial charge in [0.15, 0.2) is 5.82 Å². The smallest absolute Gasteiger partial charge is 0.232 e. The summed E-state index contributed by atoms with van der Waals surface area (Å²) < 4.78 is 0. The monoisotopic (exact) mass is 459 g/mol. The third-order valence-electron chi connectivity index (χ3n) is 6.13. The van der Waals surface area contributed by atoms with Crippen molar-refractivity contribution in [1.82, 2.24) is 25.9 Å². The highest BCUT2D eigenvalue weighted by Crippen LogP contribution is 2.38. The van der Waals surface area contributed by atoms with E-state index < -0.39 is 5.92 Å². The Morgan fingerprint density at radius 3 is 1.46 bits per heavy atom. The number of amides is 1. The number of hydrogen-bond donors (Lipinski definition) is 2. The van der Waals surface area contributed by atoms with Gasteiger partial charge in [0, 0.05) is 5.92 Å². The quantitative estimate of drug-likeness (QED) is 0.341. The maximum absolute atomic E-state index is 14.2. The van der Waals surface area contributed by atoms with Crippen LogP contribution in [0.2, 0.25) is 0 Å². The van der Waals surface area contributed by atoms with Crippen LogP contribution in [-0.2, 0) is 4.79 Å². The Hall–Kier alpha value is -4.58. The summed E-state index contributed by atoms with van der Waals surface area (Å²) >= 11 is 0. The van der Waals surface area contributed by atoms with Gasteiger partial charge in [0.25, 0.3) is 0 Å². The minimum Gasteiger partial charge on any atom is -0.345 e. The highest BCUT2D eigenvalue weighted by atomic mass is 16.2. The van der Waals surface area contributed by atoms with Crippen LogP contribution in [-0.4, -0.2) is 26.5 Å². The van der Waals surface area contributed by atoms with E-state index in [0.717, 1.165) is 22.3 Å². The molecule has 35 heavy (non-hydrogen) atoms. The lowest BCUT2D eigenvalue weighted by molar-refractivity contribution is -0.123. The minimum atomic E-state index is -0.700. The first-order valence-corrected chi connectivity index (χ1v) is 11.5. The molecule has 0 aliphatic carbocycles. The number of carbonyl (C=O) groups excluding carboxylic acids is 1. The lowest BCUT2D eigenvalue weighted by Gasteiger charge is -2.28. The Balaban J connectivity index is 1.59. The van der Waals surface area contributed by atoms with Gasteiger partial charge in [0.2, 0.25) is 5.91 Å². The zero-order chi connectivity index (χ0) is 23.9. The van der Waals surface area contributed by atoms with E-state index in [2.05, 4.69) is 25.9 Å². The van der Waals surface area contributed by atoms with Crippen molar-refractivity contribution in [2.45, 2.75) is 17.9 Å². The summed E-state index contributed by atoms with van der Waals surface area (Å²) in [6.07, 6.45) is 0. The number of nitrogens with one attached hydrogen (secondary N) is 2. The second-order valence-corrected chi connectivity index (χ2v) is 8.31. The highest BCUT2D eigenvalue weighted by Gasteiger charge is 2.36. The lowest BCUT2D eigenvalue weighted by Crippen LogP contribution is -2.37. The normalized spacial score (nSPS) is 11.9. The molecule has 6 heteroatoms. The van der Waals surface area contributed by atoms with Crippen molar-refractivity contribution in [2.24, 2.45) is 0 Å². The molecule has 1 aromatic heterocycles. The molecule has 4 aromatic carbocycles. The van der Waals surface area contributed by atoms with Crippen molar-refractivity contribution in [2.75, 3.05) is 0 Å². The van der Waals surface area contributed by atoms with Crippen LogP contribution in [0.3, 0.4) is 0 Å². The van der Waals surface area contributed by atoms with Crippen molar-refractivity contribution in [3.8, 4) is 0 Å². The van der Waals surface area contributed by atoms with Gasteiger partial charge in [-0.1, -0.05) is 127 Å². The Labute approximate surface area is 204 Å². The summed E-state index contributed by atoms with van der Waals surface area (Å²) in [4.78, 5) is 14.2. The van der Waals surface area contributed by atoms with Crippen molar-refractivity contribution < 1.29 is 4.79 Å². The number of benzene rings is 4. The Bertz CT molecular complexity index is 1250. The van der Waals surface area contributed by atoms with Gasteiger partial charge >= 0.3 is 0 Å². The van der Waals surface area contributed by atoms with E-state index in [1.165, 1.54) is 0 Å². The number of nitrogens with zero attached hydrogens (tertiary/aromatic N) is 3. The molecule has 5 aromatic rings. The maximum atomic E-state index is 14.2. The van der Waals surface area contributed by atoms with Crippen LogP contribution in [0.15, 0.2) is 121 Å². The van der Waals surface area contributed by atoms with Crippen molar-refractivity contribution in [3.63, 3.8) is 0 Å². The molecular weight excluding hydrogens is 434 g/mol. The fourth-order valence-corrected chi connectivity index (χ4v) is 4.50. The first-order valence-electron chi connectivity index (χ1n) is 11.5. The molecule has 0 spiro atoms. The predicted octanol–water partition coefficient (Wildman–Crippen LogP) is 5.02. The fraction of sp³-hybridized carbons (Fsp3) is 0.103. The number of H-pyrrole nitrogens is 1. The molecule has 172 valence electrons. The molecular formula is C29H25N5O. The van der Waals surface area contributed by atoms with Crippen LogP contribution in [0.5, 0.6) is 0 Å². The van der Waals surface area contributed by atoms with Crippen LogP contribution < -0.4 is 5.32 Å². The van der Waals surface area contributed by atoms with E-state index >= 15 is 0 Å². The molecule has 0 aliphatic rings. The maximum Gasteiger partial charge on any atom is 0.232 e. The molecule has 0 saturated carbocycles. The van der Waals surface area contributed by atoms with Crippen molar-refractivity contribution in [3.05, 3.63) is 149 Å². The Kier molecular flexibility index (Phi) is 6.71. The SMILES string of the molecule is O=C(NC(c1ccccc1)c1ccccc1)C(c1nn[nH]n1)C(c1ccccc1)c1ccccc1. The van der Waals surface area contributed by atoms with Crippen molar-refractivity contribution in [1.29, 1.82) is 0 Å². The Morgan fingerprint density at radius 1 is 0.629 bits per heavy atom. The molecule has 1 unspecified atom stereocenters.